The Morgan fingerprint density at radius 1 is 1.17 bits per heavy atom. The third kappa shape index (κ3) is 4.04. The van der Waals surface area contributed by atoms with Gasteiger partial charge in [0.1, 0.15) is 12.2 Å². The van der Waals surface area contributed by atoms with E-state index < -0.39 is 28.3 Å². The van der Waals surface area contributed by atoms with Gasteiger partial charge in [-0.3, -0.25) is 4.18 Å². The normalized spacial score (nSPS) is 26.8. The summed E-state index contributed by atoms with van der Waals surface area (Å²) in [5.41, 5.74) is 0.575. The number of hydrogen-bond donors (Lipinski definition) is 1. The molecular formula is C15H19Cl2NO5S. The van der Waals surface area contributed by atoms with Crippen LogP contribution >= 0.6 is 23.2 Å². The van der Waals surface area contributed by atoms with Crippen molar-refractivity contribution in [1.82, 2.24) is 0 Å². The van der Waals surface area contributed by atoms with E-state index in [1.54, 1.807) is 18.2 Å². The molecule has 0 aromatic heterocycles. The Kier molecular flexibility index (Phi) is 5.42. The van der Waals surface area contributed by atoms with E-state index >= 15 is 0 Å². The van der Waals surface area contributed by atoms with Crippen LogP contribution in [0.5, 0.6) is 0 Å². The van der Waals surface area contributed by atoms with E-state index in [4.69, 9.17) is 42.0 Å². The van der Waals surface area contributed by atoms with Crippen LogP contribution in [-0.4, -0.2) is 26.9 Å². The zero-order valence-electron chi connectivity index (χ0n) is 12.9. The fraction of sp³-hybridized carbons (Fsp3) is 0.600. The summed E-state index contributed by atoms with van der Waals surface area (Å²) in [7, 11) is -4.08. The van der Waals surface area contributed by atoms with Gasteiger partial charge in [0.05, 0.1) is 6.61 Å². The summed E-state index contributed by atoms with van der Waals surface area (Å²) >= 11 is 12.6. The lowest BCUT2D eigenvalue weighted by atomic mass is 9.94. The van der Waals surface area contributed by atoms with Gasteiger partial charge in [0, 0.05) is 28.5 Å². The van der Waals surface area contributed by atoms with E-state index in [2.05, 4.69) is 0 Å². The molecule has 1 saturated carbocycles. The van der Waals surface area contributed by atoms with Crippen LogP contribution in [0.4, 0.5) is 0 Å². The average Bonchev–Trinajstić information content (AvgIpc) is 2.83. The number of hydrogen-bond acceptors (Lipinski definition) is 5. The van der Waals surface area contributed by atoms with E-state index in [0.29, 0.717) is 15.6 Å². The molecule has 0 bridgehead atoms. The monoisotopic (exact) mass is 395 g/mol. The molecule has 9 heteroatoms. The topological polar surface area (TPSA) is 87.9 Å². The van der Waals surface area contributed by atoms with Crippen LogP contribution in [0.15, 0.2) is 18.2 Å². The van der Waals surface area contributed by atoms with Crippen LogP contribution in [0, 0.1) is 0 Å². The average molecular weight is 396 g/mol. The molecular weight excluding hydrogens is 377 g/mol. The molecule has 1 saturated heterocycles. The lowest BCUT2D eigenvalue weighted by molar-refractivity contribution is -0.196. The molecule has 2 fully saturated rings. The van der Waals surface area contributed by atoms with E-state index in [0.717, 1.165) is 32.1 Å². The fourth-order valence-electron chi connectivity index (χ4n) is 3.31. The third-order valence-corrected chi connectivity index (χ3v) is 5.47. The molecule has 1 spiro atoms. The van der Waals surface area contributed by atoms with Crippen LogP contribution < -0.4 is 5.14 Å². The molecule has 1 aliphatic heterocycles. The van der Waals surface area contributed by atoms with Gasteiger partial charge in [0.2, 0.25) is 0 Å². The van der Waals surface area contributed by atoms with Crippen molar-refractivity contribution in [2.24, 2.45) is 5.14 Å². The molecule has 3 rings (SSSR count). The zero-order valence-corrected chi connectivity index (χ0v) is 15.2. The molecule has 2 N–H and O–H groups in total. The number of halogens is 2. The molecule has 2 atom stereocenters. The van der Waals surface area contributed by atoms with Gasteiger partial charge in [-0.1, -0.05) is 35.7 Å². The summed E-state index contributed by atoms with van der Waals surface area (Å²) in [6.45, 7) is -0.257. The molecule has 1 aromatic carbocycles. The van der Waals surface area contributed by atoms with E-state index in [1.807, 2.05) is 0 Å². The Hall–Kier alpha value is -0.410. The minimum Gasteiger partial charge on any atom is -0.341 e. The van der Waals surface area contributed by atoms with Crippen molar-refractivity contribution in [1.29, 1.82) is 0 Å². The highest BCUT2D eigenvalue weighted by molar-refractivity contribution is 7.84. The molecule has 1 heterocycles. The van der Waals surface area contributed by atoms with Gasteiger partial charge in [-0.2, -0.15) is 8.42 Å². The Labute approximate surface area is 151 Å². The van der Waals surface area contributed by atoms with E-state index in [9.17, 15) is 8.42 Å². The second kappa shape index (κ2) is 7.07. The first-order valence-electron chi connectivity index (χ1n) is 7.76. The van der Waals surface area contributed by atoms with Crippen LogP contribution in [0.1, 0.15) is 43.8 Å². The van der Waals surface area contributed by atoms with Crippen molar-refractivity contribution in [3.63, 3.8) is 0 Å². The fourth-order valence-corrected chi connectivity index (χ4v) is 4.25. The van der Waals surface area contributed by atoms with Gasteiger partial charge in [-0.05, 0) is 25.0 Å². The van der Waals surface area contributed by atoms with Gasteiger partial charge >= 0.3 is 10.3 Å². The Morgan fingerprint density at radius 3 is 2.38 bits per heavy atom. The molecule has 6 nitrogen and oxygen atoms in total. The lowest BCUT2D eigenvalue weighted by Gasteiger charge is -2.32. The second-order valence-electron chi connectivity index (χ2n) is 6.08. The Morgan fingerprint density at radius 2 is 1.79 bits per heavy atom. The van der Waals surface area contributed by atoms with Gasteiger partial charge in [0.25, 0.3) is 0 Å². The Balaban J connectivity index is 1.90. The predicted octanol–water partition coefficient (Wildman–Crippen LogP) is 3.33. The molecule has 24 heavy (non-hydrogen) atoms. The van der Waals surface area contributed by atoms with Crippen molar-refractivity contribution < 1.29 is 22.1 Å². The number of benzene rings is 1. The van der Waals surface area contributed by atoms with Gasteiger partial charge in [0.15, 0.2) is 5.79 Å². The largest absolute Gasteiger partial charge is 0.341 e. The van der Waals surface area contributed by atoms with Crippen LogP contribution in [0.3, 0.4) is 0 Å². The maximum atomic E-state index is 11.1. The maximum absolute atomic E-state index is 11.1. The predicted molar refractivity (Wildman–Crippen MR) is 90.0 cm³/mol. The van der Waals surface area contributed by atoms with Crippen molar-refractivity contribution in [2.75, 3.05) is 6.61 Å². The van der Waals surface area contributed by atoms with Crippen LogP contribution in [0.2, 0.25) is 10.0 Å². The van der Waals surface area contributed by atoms with Crippen molar-refractivity contribution in [3.05, 3.63) is 33.8 Å². The van der Waals surface area contributed by atoms with E-state index in [-0.39, 0.29) is 6.61 Å². The summed E-state index contributed by atoms with van der Waals surface area (Å²) in [6.07, 6.45) is 3.25. The van der Waals surface area contributed by atoms with Gasteiger partial charge in [-0.15, -0.1) is 0 Å². The van der Waals surface area contributed by atoms with Crippen molar-refractivity contribution in [2.45, 2.75) is 50.1 Å². The summed E-state index contributed by atoms with van der Waals surface area (Å²) in [6, 6.07) is 5.14. The molecule has 0 amide bonds. The lowest BCUT2D eigenvalue weighted by Crippen LogP contribution is -2.34. The summed E-state index contributed by atoms with van der Waals surface area (Å²) in [5, 5.41) is 5.80. The molecule has 0 unspecified atom stereocenters. The molecule has 134 valence electrons. The summed E-state index contributed by atoms with van der Waals surface area (Å²) < 4.78 is 39.3. The standard InChI is InChI=1S/C15H19Cl2NO5S/c16-10-5-4-6-11(17)13(10)14-12(9-21-24(18,19)20)22-15(23-14)7-2-1-3-8-15/h4-6,12,14H,1-3,7-9H2,(H2,18,19,20)/t12-,14+/m0/s1. The number of nitrogens with two attached hydrogens (primary N) is 1. The quantitative estimate of drug-likeness (QED) is 0.844. The van der Waals surface area contributed by atoms with Crippen LogP contribution in [-0.2, 0) is 24.0 Å². The number of ether oxygens (including phenoxy) is 2. The SMILES string of the molecule is NS(=O)(=O)OC[C@@H]1OC2(CCCCC2)O[C@H]1c1c(Cl)cccc1Cl. The highest BCUT2D eigenvalue weighted by atomic mass is 35.5. The van der Waals surface area contributed by atoms with Gasteiger partial charge in [-0.25, -0.2) is 5.14 Å². The van der Waals surface area contributed by atoms with Crippen molar-refractivity contribution >= 4 is 33.5 Å². The first-order chi connectivity index (χ1) is 11.3. The molecule has 2 aliphatic rings. The maximum Gasteiger partial charge on any atom is 0.333 e. The number of rotatable bonds is 4. The first kappa shape index (κ1) is 18.4. The Bertz CT molecular complexity index is 686. The van der Waals surface area contributed by atoms with Gasteiger partial charge < -0.3 is 9.47 Å². The molecule has 1 aromatic rings. The van der Waals surface area contributed by atoms with Crippen molar-refractivity contribution in [3.8, 4) is 0 Å². The zero-order chi connectivity index (χ0) is 17.4. The smallest absolute Gasteiger partial charge is 0.333 e. The molecule has 0 radical (unpaired) electrons. The van der Waals surface area contributed by atoms with Crippen LogP contribution in [0.25, 0.3) is 0 Å². The molecule has 1 aliphatic carbocycles. The van der Waals surface area contributed by atoms with E-state index in [1.165, 1.54) is 0 Å². The first-order valence-corrected chi connectivity index (χ1v) is 9.99. The minimum absolute atomic E-state index is 0.257. The highest BCUT2D eigenvalue weighted by Crippen LogP contribution is 2.48. The highest BCUT2D eigenvalue weighted by Gasteiger charge is 2.49. The summed E-state index contributed by atoms with van der Waals surface area (Å²) in [4.78, 5) is 0. The minimum atomic E-state index is -4.08. The second-order valence-corrected chi connectivity index (χ2v) is 8.11. The summed E-state index contributed by atoms with van der Waals surface area (Å²) in [5.74, 6) is -0.752. The third-order valence-electron chi connectivity index (χ3n) is 4.34.